The standard InChI is InChI=1S/C14H14ClNO5/c1-8(17)10(14(19)21-3)7-16-11-6-4-5-9(12(11)15)13(18)20-2/h4-7,16H,1-3H3. The number of carbonyl (C=O) groups excluding carboxylic acids is 3. The SMILES string of the molecule is COC(=O)C(=CNc1cccc(C(=O)OC)c1Cl)C(C)=O. The molecule has 0 amide bonds. The van der Waals surface area contributed by atoms with E-state index in [0.717, 1.165) is 0 Å². The smallest absolute Gasteiger partial charge is 0.342 e. The number of Topliss-reactive ketones (excluding diaryl/α,β-unsaturated/α-hetero) is 1. The van der Waals surface area contributed by atoms with E-state index in [1.54, 1.807) is 12.1 Å². The van der Waals surface area contributed by atoms with Gasteiger partial charge >= 0.3 is 11.9 Å². The van der Waals surface area contributed by atoms with E-state index in [2.05, 4.69) is 14.8 Å². The molecule has 0 saturated carbocycles. The highest BCUT2D eigenvalue weighted by molar-refractivity contribution is 6.36. The van der Waals surface area contributed by atoms with Crippen LogP contribution in [0.25, 0.3) is 0 Å². The van der Waals surface area contributed by atoms with E-state index in [9.17, 15) is 14.4 Å². The van der Waals surface area contributed by atoms with Gasteiger partial charge in [0.2, 0.25) is 0 Å². The maximum absolute atomic E-state index is 11.5. The van der Waals surface area contributed by atoms with Crippen LogP contribution >= 0.6 is 11.6 Å². The Morgan fingerprint density at radius 2 is 1.86 bits per heavy atom. The van der Waals surface area contributed by atoms with Crippen molar-refractivity contribution in [2.45, 2.75) is 6.92 Å². The van der Waals surface area contributed by atoms with Gasteiger partial charge in [-0.05, 0) is 19.1 Å². The number of carbonyl (C=O) groups is 3. The van der Waals surface area contributed by atoms with E-state index in [0.29, 0.717) is 5.69 Å². The number of methoxy groups -OCH3 is 2. The molecule has 1 rings (SSSR count). The monoisotopic (exact) mass is 311 g/mol. The van der Waals surface area contributed by atoms with E-state index < -0.39 is 17.7 Å². The van der Waals surface area contributed by atoms with Crippen LogP contribution < -0.4 is 5.32 Å². The maximum atomic E-state index is 11.5. The van der Waals surface area contributed by atoms with Crippen molar-refractivity contribution in [1.29, 1.82) is 0 Å². The van der Waals surface area contributed by atoms with E-state index in [1.165, 1.54) is 33.4 Å². The molecule has 1 N–H and O–H groups in total. The Morgan fingerprint density at radius 3 is 2.38 bits per heavy atom. The van der Waals surface area contributed by atoms with Gasteiger partial charge in [0.25, 0.3) is 0 Å². The van der Waals surface area contributed by atoms with Crippen molar-refractivity contribution >= 4 is 35.0 Å². The summed E-state index contributed by atoms with van der Waals surface area (Å²) in [6.07, 6.45) is 1.18. The van der Waals surface area contributed by atoms with Crippen molar-refractivity contribution in [2.75, 3.05) is 19.5 Å². The predicted molar refractivity (Wildman–Crippen MR) is 77.2 cm³/mol. The molecular weight excluding hydrogens is 298 g/mol. The quantitative estimate of drug-likeness (QED) is 0.388. The Labute approximate surface area is 126 Å². The lowest BCUT2D eigenvalue weighted by molar-refractivity contribution is -0.137. The first-order valence-electron chi connectivity index (χ1n) is 5.85. The molecule has 0 atom stereocenters. The molecule has 0 aliphatic carbocycles. The minimum Gasteiger partial charge on any atom is -0.465 e. The fourth-order valence-electron chi connectivity index (χ4n) is 1.48. The second-order valence-corrected chi connectivity index (χ2v) is 4.29. The summed E-state index contributed by atoms with van der Waals surface area (Å²) < 4.78 is 9.09. The van der Waals surface area contributed by atoms with E-state index >= 15 is 0 Å². The summed E-state index contributed by atoms with van der Waals surface area (Å²) in [6, 6.07) is 4.66. The number of rotatable bonds is 5. The highest BCUT2D eigenvalue weighted by Gasteiger charge is 2.16. The third kappa shape index (κ3) is 4.06. The normalized spacial score (nSPS) is 10.8. The summed E-state index contributed by atoms with van der Waals surface area (Å²) in [6.45, 7) is 1.23. The molecule has 7 heteroatoms. The average molecular weight is 312 g/mol. The molecule has 0 radical (unpaired) electrons. The Kier molecular flexibility index (Phi) is 5.92. The molecule has 112 valence electrons. The van der Waals surface area contributed by atoms with Gasteiger partial charge in [-0.25, -0.2) is 9.59 Å². The van der Waals surface area contributed by atoms with E-state index in [4.69, 9.17) is 11.6 Å². The topological polar surface area (TPSA) is 81.7 Å². The summed E-state index contributed by atoms with van der Waals surface area (Å²) >= 11 is 6.07. The summed E-state index contributed by atoms with van der Waals surface area (Å²) in [4.78, 5) is 34.3. The molecule has 1 aromatic carbocycles. The number of anilines is 1. The number of hydrogen-bond donors (Lipinski definition) is 1. The molecule has 0 bridgehead atoms. The molecule has 0 unspecified atom stereocenters. The van der Waals surface area contributed by atoms with Gasteiger partial charge in [0.1, 0.15) is 5.57 Å². The van der Waals surface area contributed by atoms with Gasteiger partial charge < -0.3 is 14.8 Å². The van der Waals surface area contributed by atoms with Gasteiger partial charge in [0, 0.05) is 6.20 Å². The Bertz CT molecular complexity index is 609. The van der Waals surface area contributed by atoms with Crippen LogP contribution in [0.5, 0.6) is 0 Å². The number of halogens is 1. The zero-order valence-corrected chi connectivity index (χ0v) is 12.5. The van der Waals surface area contributed by atoms with Crippen LogP contribution in [0, 0.1) is 0 Å². The summed E-state index contributed by atoms with van der Waals surface area (Å²) in [5, 5.41) is 2.82. The molecule has 0 aliphatic heterocycles. The number of nitrogens with one attached hydrogen (secondary N) is 1. The van der Waals surface area contributed by atoms with Crippen LogP contribution in [0.15, 0.2) is 30.0 Å². The van der Waals surface area contributed by atoms with Crippen LogP contribution in [-0.4, -0.2) is 31.9 Å². The van der Waals surface area contributed by atoms with Gasteiger partial charge in [-0.2, -0.15) is 0 Å². The minimum absolute atomic E-state index is 0.119. The fraction of sp³-hybridized carbons (Fsp3) is 0.214. The zero-order valence-electron chi connectivity index (χ0n) is 11.7. The van der Waals surface area contributed by atoms with Crippen molar-refractivity contribution in [2.24, 2.45) is 0 Å². The second kappa shape index (κ2) is 7.44. The first-order valence-corrected chi connectivity index (χ1v) is 6.23. The lowest BCUT2D eigenvalue weighted by Crippen LogP contribution is -2.13. The lowest BCUT2D eigenvalue weighted by Gasteiger charge is -2.09. The maximum Gasteiger partial charge on any atom is 0.342 e. The van der Waals surface area contributed by atoms with Crippen molar-refractivity contribution in [1.82, 2.24) is 0 Å². The van der Waals surface area contributed by atoms with Crippen LogP contribution in [0.2, 0.25) is 5.02 Å². The third-order valence-electron chi connectivity index (χ3n) is 2.56. The molecule has 0 aliphatic rings. The molecule has 21 heavy (non-hydrogen) atoms. The molecule has 1 aromatic rings. The Morgan fingerprint density at radius 1 is 1.19 bits per heavy atom. The number of ether oxygens (including phenoxy) is 2. The number of benzene rings is 1. The van der Waals surface area contributed by atoms with Gasteiger partial charge in [-0.15, -0.1) is 0 Å². The highest BCUT2D eigenvalue weighted by Crippen LogP contribution is 2.26. The van der Waals surface area contributed by atoms with Gasteiger partial charge in [0.15, 0.2) is 5.78 Å². The molecule has 0 saturated heterocycles. The van der Waals surface area contributed by atoms with E-state index in [1.807, 2.05) is 0 Å². The van der Waals surface area contributed by atoms with E-state index in [-0.39, 0.29) is 16.2 Å². The Hall–Kier alpha value is -2.34. The second-order valence-electron chi connectivity index (χ2n) is 3.91. The fourth-order valence-corrected chi connectivity index (χ4v) is 1.73. The van der Waals surface area contributed by atoms with Crippen molar-refractivity contribution in [3.63, 3.8) is 0 Å². The predicted octanol–water partition coefficient (Wildman–Crippen LogP) is 2.18. The molecule has 0 fully saturated rings. The van der Waals surface area contributed by atoms with Crippen molar-refractivity contribution in [3.05, 3.63) is 40.6 Å². The van der Waals surface area contributed by atoms with Crippen LogP contribution in [0.4, 0.5) is 5.69 Å². The summed E-state index contributed by atoms with van der Waals surface area (Å²) in [5.74, 6) is -1.82. The minimum atomic E-state index is -0.768. The summed E-state index contributed by atoms with van der Waals surface area (Å²) in [7, 11) is 2.41. The van der Waals surface area contributed by atoms with Crippen LogP contribution in [-0.2, 0) is 19.1 Å². The number of ketones is 1. The molecule has 0 spiro atoms. The molecule has 0 aromatic heterocycles. The van der Waals surface area contributed by atoms with Crippen LogP contribution in [0.3, 0.4) is 0 Å². The van der Waals surface area contributed by atoms with Gasteiger partial charge in [0.05, 0.1) is 30.5 Å². The first-order chi connectivity index (χ1) is 9.92. The average Bonchev–Trinajstić information content (AvgIpc) is 2.47. The highest BCUT2D eigenvalue weighted by atomic mass is 35.5. The molecule has 0 heterocycles. The van der Waals surface area contributed by atoms with Crippen molar-refractivity contribution < 1.29 is 23.9 Å². The van der Waals surface area contributed by atoms with Gasteiger partial charge in [-0.1, -0.05) is 17.7 Å². The van der Waals surface area contributed by atoms with Crippen LogP contribution in [0.1, 0.15) is 17.3 Å². The zero-order chi connectivity index (χ0) is 16.0. The van der Waals surface area contributed by atoms with Crippen molar-refractivity contribution in [3.8, 4) is 0 Å². The largest absolute Gasteiger partial charge is 0.465 e. The lowest BCUT2D eigenvalue weighted by atomic mass is 10.2. The Balaban J connectivity index is 3.11. The van der Waals surface area contributed by atoms with Gasteiger partial charge in [-0.3, -0.25) is 4.79 Å². The number of esters is 2. The molecular formula is C14H14ClNO5. The molecule has 6 nitrogen and oxygen atoms in total. The first kappa shape index (κ1) is 16.7. The number of hydrogen-bond acceptors (Lipinski definition) is 6. The third-order valence-corrected chi connectivity index (χ3v) is 2.97. The summed E-state index contributed by atoms with van der Waals surface area (Å²) in [5.41, 5.74) is 0.347.